The lowest BCUT2D eigenvalue weighted by Crippen LogP contribution is -2.12. The molecule has 0 atom stereocenters. The first-order chi connectivity index (χ1) is 10.1. The molecule has 110 valence electrons. The third kappa shape index (κ3) is 4.50. The fourth-order valence-corrected chi connectivity index (χ4v) is 2.12. The fraction of sp³-hybridized carbons (Fsp3) is 0.235. The van der Waals surface area contributed by atoms with Gasteiger partial charge in [-0.2, -0.15) is 0 Å². The van der Waals surface area contributed by atoms with E-state index < -0.39 is 0 Å². The minimum absolute atomic E-state index is 0.0225. The maximum absolute atomic E-state index is 11.9. The smallest absolute Gasteiger partial charge is 0.224 e. The molecule has 1 N–H and O–H groups in total. The molecule has 0 bridgehead atoms. The van der Waals surface area contributed by atoms with Gasteiger partial charge in [-0.3, -0.25) is 4.79 Å². The molecular weight excluding hydrogens is 286 g/mol. The van der Waals surface area contributed by atoms with Crippen LogP contribution in [0.5, 0.6) is 5.75 Å². The van der Waals surface area contributed by atoms with Crippen molar-refractivity contribution in [2.45, 2.75) is 19.8 Å². The Hall–Kier alpha value is -2.00. The second kappa shape index (κ2) is 7.14. The number of hydrogen-bond donors (Lipinski definition) is 1. The highest BCUT2D eigenvalue weighted by Crippen LogP contribution is 2.20. The molecule has 2 rings (SSSR count). The van der Waals surface area contributed by atoms with E-state index in [9.17, 15) is 4.79 Å². The van der Waals surface area contributed by atoms with E-state index in [-0.39, 0.29) is 5.91 Å². The molecule has 3 nitrogen and oxygen atoms in total. The molecule has 0 saturated carbocycles. The number of carbonyl (C=O) groups excluding carboxylic acids is 1. The summed E-state index contributed by atoms with van der Waals surface area (Å²) in [7, 11) is 1.63. The first-order valence-corrected chi connectivity index (χ1v) is 7.15. The number of rotatable bonds is 5. The van der Waals surface area contributed by atoms with Crippen LogP contribution in [0, 0.1) is 6.92 Å². The Balaban J connectivity index is 1.87. The Bertz CT molecular complexity index is 623. The Morgan fingerprint density at radius 1 is 1.19 bits per heavy atom. The standard InChI is InChI=1S/C17H18ClNO2/c1-12-3-7-14(11-16(12)18)19-17(20)10-6-13-4-8-15(21-2)9-5-13/h3-5,7-9,11H,6,10H2,1-2H3,(H,19,20). The summed E-state index contributed by atoms with van der Waals surface area (Å²) in [4.78, 5) is 11.9. The Kier molecular flexibility index (Phi) is 5.23. The van der Waals surface area contributed by atoms with Gasteiger partial charge in [0.1, 0.15) is 5.75 Å². The summed E-state index contributed by atoms with van der Waals surface area (Å²) >= 11 is 6.04. The number of halogens is 1. The highest BCUT2D eigenvalue weighted by atomic mass is 35.5. The highest BCUT2D eigenvalue weighted by Gasteiger charge is 2.05. The van der Waals surface area contributed by atoms with Gasteiger partial charge in [-0.1, -0.05) is 29.8 Å². The number of hydrogen-bond acceptors (Lipinski definition) is 2. The van der Waals surface area contributed by atoms with E-state index in [0.29, 0.717) is 17.9 Å². The van der Waals surface area contributed by atoms with Crippen LogP contribution in [0.15, 0.2) is 42.5 Å². The summed E-state index contributed by atoms with van der Waals surface area (Å²) in [5.74, 6) is 0.795. The summed E-state index contributed by atoms with van der Waals surface area (Å²) in [5.41, 5.74) is 2.83. The van der Waals surface area contributed by atoms with E-state index in [1.807, 2.05) is 43.3 Å². The number of aryl methyl sites for hydroxylation is 2. The van der Waals surface area contributed by atoms with Gasteiger partial charge >= 0.3 is 0 Å². The quantitative estimate of drug-likeness (QED) is 0.897. The summed E-state index contributed by atoms with van der Waals surface area (Å²) in [6, 6.07) is 13.2. The number of anilines is 1. The minimum Gasteiger partial charge on any atom is -0.497 e. The number of amides is 1. The summed E-state index contributed by atoms with van der Waals surface area (Å²) < 4.78 is 5.10. The van der Waals surface area contributed by atoms with Crippen LogP contribution in [0.2, 0.25) is 5.02 Å². The average Bonchev–Trinajstić information content (AvgIpc) is 2.49. The van der Waals surface area contributed by atoms with Gasteiger partial charge in [0.15, 0.2) is 0 Å². The minimum atomic E-state index is -0.0225. The van der Waals surface area contributed by atoms with Crippen LogP contribution in [0.1, 0.15) is 17.5 Å². The van der Waals surface area contributed by atoms with Crippen molar-refractivity contribution >= 4 is 23.2 Å². The highest BCUT2D eigenvalue weighted by molar-refractivity contribution is 6.31. The summed E-state index contributed by atoms with van der Waals surface area (Å²) in [6.45, 7) is 1.93. The molecule has 0 fully saturated rings. The molecule has 0 aliphatic heterocycles. The zero-order valence-corrected chi connectivity index (χ0v) is 12.9. The van der Waals surface area contributed by atoms with Crippen molar-refractivity contribution in [1.29, 1.82) is 0 Å². The maximum atomic E-state index is 11.9. The van der Waals surface area contributed by atoms with Crippen LogP contribution < -0.4 is 10.1 Å². The van der Waals surface area contributed by atoms with E-state index in [2.05, 4.69) is 5.32 Å². The molecule has 0 aromatic heterocycles. The number of nitrogens with one attached hydrogen (secondary N) is 1. The van der Waals surface area contributed by atoms with E-state index in [4.69, 9.17) is 16.3 Å². The summed E-state index contributed by atoms with van der Waals surface area (Å²) in [5, 5.41) is 3.51. The number of benzene rings is 2. The van der Waals surface area contributed by atoms with Gasteiger partial charge in [0.25, 0.3) is 0 Å². The van der Waals surface area contributed by atoms with Gasteiger partial charge in [0, 0.05) is 17.1 Å². The molecule has 21 heavy (non-hydrogen) atoms. The van der Waals surface area contributed by atoms with Crippen molar-refractivity contribution < 1.29 is 9.53 Å². The Labute approximate surface area is 129 Å². The molecule has 0 spiro atoms. The SMILES string of the molecule is COc1ccc(CCC(=O)Nc2ccc(C)c(Cl)c2)cc1. The lowest BCUT2D eigenvalue weighted by molar-refractivity contribution is -0.116. The van der Waals surface area contributed by atoms with Crippen molar-refractivity contribution in [1.82, 2.24) is 0 Å². The molecule has 2 aromatic rings. The molecule has 0 radical (unpaired) electrons. The zero-order valence-electron chi connectivity index (χ0n) is 12.2. The predicted molar refractivity (Wildman–Crippen MR) is 86.1 cm³/mol. The van der Waals surface area contributed by atoms with E-state index >= 15 is 0 Å². The molecule has 0 aliphatic rings. The van der Waals surface area contributed by atoms with Gasteiger partial charge in [-0.25, -0.2) is 0 Å². The first kappa shape index (κ1) is 15.4. The topological polar surface area (TPSA) is 38.3 Å². The van der Waals surface area contributed by atoms with Gasteiger partial charge in [0.05, 0.1) is 7.11 Å². The molecule has 4 heteroatoms. The van der Waals surface area contributed by atoms with Crippen LogP contribution in [0.4, 0.5) is 5.69 Å². The van der Waals surface area contributed by atoms with E-state index in [0.717, 1.165) is 22.6 Å². The second-order valence-electron chi connectivity index (χ2n) is 4.86. The maximum Gasteiger partial charge on any atom is 0.224 e. The van der Waals surface area contributed by atoms with Gasteiger partial charge in [-0.15, -0.1) is 0 Å². The Morgan fingerprint density at radius 3 is 2.52 bits per heavy atom. The lowest BCUT2D eigenvalue weighted by atomic mass is 10.1. The molecule has 1 amide bonds. The van der Waals surface area contributed by atoms with Crippen LogP contribution in [-0.4, -0.2) is 13.0 Å². The fourth-order valence-electron chi connectivity index (χ4n) is 1.94. The summed E-state index contributed by atoms with van der Waals surface area (Å²) in [6.07, 6.45) is 1.12. The lowest BCUT2D eigenvalue weighted by Gasteiger charge is -2.07. The van der Waals surface area contributed by atoms with Gasteiger partial charge < -0.3 is 10.1 Å². The number of carbonyl (C=O) groups is 1. The first-order valence-electron chi connectivity index (χ1n) is 6.77. The molecule has 0 aliphatic carbocycles. The van der Waals surface area contributed by atoms with E-state index in [1.54, 1.807) is 13.2 Å². The number of ether oxygens (including phenoxy) is 1. The van der Waals surface area contributed by atoms with Crippen molar-refractivity contribution in [3.05, 3.63) is 58.6 Å². The van der Waals surface area contributed by atoms with Crippen molar-refractivity contribution in [2.24, 2.45) is 0 Å². The zero-order chi connectivity index (χ0) is 15.2. The van der Waals surface area contributed by atoms with Gasteiger partial charge in [-0.05, 0) is 48.7 Å². The average molecular weight is 304 g/mol. The largest absolute Gasteiger partial charge is 0.497 e. The van der Waals surface area contributed by atoms with Crippen molar-refractivity contribution in [3.8, 4) is 5.75 Å². The molecule has 0 saturated heterocycles. The monoisotopic (exact) mass is 303 g/mol. The van der Waals surface area contributed by atoms with E-state index in [1.165, 1.54) is 0 Å². The Morgan fingerprint density at radius 2 is 1.90 bits per heavy atom. The van der Waals surface area contributed by atoms with Crippen LogP contribution in [0.25, 0.3) is 0 Å². The molecule has 0 heterocycles. The predicted octanol–water partition coefficient (Wildman–Crippen LogP) is 4.23. The van der Waals surface area contributed by atoms with Crippen LogP contribution >= 0.6 is 11.6 Å². The number of methoxy groups -OCH3 is 1. The van der Waals surface area contributed by atoms with Crippen molar-refractivity contribution in [3.63, 3.8) is 0 Å². The van der Waals surface area contributed by atoms with Crippen molar-refractivity contribution in [2.75, 3.05) is 12.4 Å². The second-order valence-corrected chi connectivity index (χ2v) is 5.27. The van der Waals surface area contributed by atoms with Gasteiger partial charge in [0.2, 0.25) is 5.91 Å². The van der Waals surface area contributed by atoms with Crippen LogP contribution in [-0.2, 0) is 11.2 Å². The third-order valence-electron chi connectivity index (χ3n) is 3.26. The molecule has 0 unspecified atom stereocenters. The normalized spacial score (nSPS) is 10.2. The van der Waals surface area contributed by atoms with Crippen LogP contribution in [0.3, 0.4) is 0 Å². The molecule has 2 aromatic carbocycles. The third-order valence-corrected chi connectivity index (χ3v) is 3.66. The molecular formula is C17H18ClNO2.